The smallest absolute Gasteiger partial charge is 0.174 e. The van der Waals surface area contributed by atoms with Gasteiger partial charge in [0.1, 0.15) is 11.8 Å². The van der Waals surface area contributed by atoms with Crippen molar-refractivity contribution in [2.45, 2.75) is 39.3 Å². The van der Waals surface area contributed by atoms with Crippen LogP contribution in [0.5, 0.6) is 5.75 Å². The van der Waals surface area contributed by atoms with E-state index in [2.05, 4.69) is 89.0 Å². The normalized spacial score (nSPS) is 22.6. The monoisotopic (exact) mass is 585 g/mol. The summed E-state index contributed by atoms with van der Waals surface area (Å²) in [6, 6.07) is 24.6. The Balaban J connectivity index is 1.44. The second-order valence-corrected chi connectivity index (χ2v) is 12.2. The fourth-order valence-corrected chi connectivity index (χ4v) is 7.21. The third-order valence-corrected chi connectivity index (χ3v) is 8.87. The molecule has 2 aliphatic rings. The van der Waals surface area contributed by atoms with E-state index in [1.165, 1.54) is 6.42 Å². The molecule has 2 aliphatic heterocycles. The molecule has 6 nitrogen and oxygen atoms in total. The average Bonchev–Trinajstić information content (AvgIpc) is 3.52. The van der Waals surface area contributed by atoms with E-state index in [0.717, 1.165) is 58.0 Å². The number of hydrogen-bond acceptors (Lipinski definition) is 4. The zero-order valence-corrected chi connectivity index (χ0v) is 25.5. The maximum atomic E-state index is 7.03. The number of aromatic nitrogens is 2. The molecule has 4 aromatic rings. The molecule has 1 N–H and O–H groups in total. The molecule has 212 valence electrons. The first kappa shape index (κ1) is 27.6. The van der Waals surface area contributed by atoms with Crippen molar-refractivity contribution in [1.82, 2.24) is 14.9 Å². The van der Waals surface area contributed by atoms with Crippen LogP contribution in [0.15, 0.2) is 79.0 Å². The molecular weight excluding hydrogens is 550 g/mol. The van der Waals surface area contributed by atoms with Gasteiger partial charge in [-0.15, -0.1) is 0 Å². The van der Waals surface area contributed by atoms with Gasteiger partial charge in [-0.05, 0) is 104 Å². The number of benzene rings is 2. The maximum absolute atomic E-state index is 7.03. The summed E-state index contributed by atoms with van der Waals surface area (Å²) in [5, 5.41) is 4.98. The lowest BCUT2D eigenvalue weighted by atomic mass is 9.91. The van der Waals surface area contributed by atoms with E-state index < -0.39 is 0 Å². The Morgan fingerprint density at radius 2 is 1.68 bits per heavy atom. The predicted molar refractivity (Wildman–Crippen MR) is 172 cm³/mol. The Bertz CT molecular complexity index is 1530. The third kappa shape index (κ3) is 5.29. The topological polar surface area (TPSA) is 45.6 Å². The second kappa shape index (κ2) is 11.4. The van der Waals surface area contributed by atoms with Crippen molar-refractivity contribution >= 4 is 40.3 Å². The number of nitrogens with one attached hydrogen (secondary N) is 1. The lowest BCUT2D eigenvalue weighted by molar-refractivity contribution is 0.357. The van der Waals surface area contributed by atoms with Crippen molar-refractivity contribution in [3.8, 4) is 11.4 Å². The summed E-state index contributed by atoms with van der Waals surface area (Å²) in [4.78, 5) is 9.35. The molecule has 4 unspecified atom stereocenters. The molecule has 2 saturated heterocycles. The Hall–Kier alpha value is -3.55. The van der Waals surface area contributed by atoms with Gasteiger partial charge in [-0.2, -0.15) is 0 Å². The highest BCUT2D eigenvalue weighted by molar-refractivity contribution is 7.80. The van der Waals surface area contributed by atoms with Crippen LogP contribution in [0.4, 0.5) is 11.4 Å². The van der Waals surface area contributed by atoms with Crippen molar-refractivity contribution in [2.24, 2.45) is 11.8 Å². The number of piperidine rings is 1. The van der Waals surface area contributed by atoms with Crippen LogP contribution < -0.4 is 19.9 Å². The highest BCUT2D eigenvalue weighted by atomic mass is 35.5. The molecule has 0 spiro atoms. The van der Waals surface area contributed by atoms with Crippen LogP contribution in [0, 0.1) is 18.8 Å². The van der Waals surface area contributed by atoms with E-state index >= 15 is 0 Å². The van der Waals surface area contributed by atoms with Crippen molar-refractivity contribution in [3.63, 3.8) is 0 Å². The highest BCUT2D eigenvalue weighted by Gasteiger charge is 2.42. The minimum Gasteiger partial charge on any atom is -0.497 e. The molecule has 0 saturated carbocycles. The summed E-state index contributed by atoms with van der Waals surface area (Å²) in [5.41, 5.74) is 6.27. The lowest BCUT2D eigenvalue weighted by Crippen LogP contribution is -2.38. The van der Waals surface area contributed by atoms with Crippen molar-refractivity contribution in [3.05, 3.63) is 101 Å². The van der Waals surface area contributed by atoms with Gasteiger partial charge in [-0.25, -0.2) is 0 Å². The van der Waals surface area contributed by atoms with Crippen molar-refractivity contribution < 1.29 is 4.74 Å². The van der Waals surface area contributed by atoms with E-state index in [1.807, 2.05) is 30.5 Å². The van der Waals surface area contributed by atoms with Crippen LogP contribution in [0.2, 0.25) is 5.02 Å². The van der Waals surface area contributed by atoms with Crippen LogP contribution in [0.3, 0.4) is 0 Å². The molecule has 0 radical (unpaired) electrons. The van der Waals surface area contributed by atoms with E-state index in [4.69, 9.17) is 33.5 Å². The first-order valence-electron chi connectivity index (χ1n) is 14.2. The number of rotatable bonds is 6. The van der Waals surface area contributed by atoms with Crippen molar-refractivity contribution in [2.75, 3.05) is 30.0 Å². The van der Waals surface area contributed by atoms with Gasteiger partial charge in [0.05, 0.1) is 29.6 Å². The first-order chi connectivity index (χ1) is 19.8. The Kier molecular flexibility index (Phi) is 7.66. The minimum atomic E-state index is -0.162. The van der Waals surface area contributed by atoms with Gasteiger partial charge in [0.15, 0.2) is 5.11 Å². The summed E-state index contributed by atoms with van der Waals surface area (Å²) in [6.07, 6.45) is 3.09. The van der Waals surface area contributed by atoms with E-state index in [1.54, 1.807) is 7.11 Å². The lowest BCUT2D eigenvalue weighted by Gasteiger charge is -2.37. The molecule has 2 aromatic heterocycles. The summed E-state index contributed by atoms with van der Waals surface area (Å²) in [7, 11) is 1.69. The van der Waals surface area contributed by atoms with E-state index in [9.17, 15) is 0 Å². The van der Waals surface area contributed by atoms with Gasteiger partial charge in [0, 0.05) is 42.0 Å². The molecule has 2 fully saturated rings. The molecule has 0 bridgehead atoms. The molecule has 0 amide bonds. The molecule has 4 atom stereocenters. The van der Waals surface area contributed by atoms with Gasteiger partial charge in [0.2, 0.25) is 0 Å². The molecule has 2 aromatic carbocycles. The standard InChI is InChI=1S/C33H36ClN5OS/c1-21-17-22(2)20-37(19-21)29-15-11-25(18-27(29)34)39-32(31(36-33(39)41)28-7-5-6-16-35-28)30-14-8-23(3)38(30)24-9-12-26(40-4)13-10-24/h5-16,18,21-22,31-32H,17,19-20H2,1-4H3,(H,36,41). The number of methoxy groups -OCH3 is 1. The van der Waals surface area contributed by atoms with E-state index in [-0.39, 0.29) is 12.1 Å². The number of ether oxygens (including phenoxy) is 1. The van der Waals surface area contributed by atoms with Crippen LogP contribution >= 0.6 is 23.8 Å². The van der Waals surface area contributed by atoms with Gasteiger partial charge in [0.25, 0.3) is 0 Å². The van der Waals surface area contributed by atoms with Gasteiger partial charge < -0.3 is 24.4 Å². The first-order valence-corrected chi connectivity index (χ1v) is 15.0. The Labute approximate surface area is 252 Å². The summed E-state index contributed by atoms with van der Waals surface area (Å²) in [6.45, 7) is 8.81. The van der Waals surface area contributed by atoms with Gasteiger partial charge >= 0.3 is 0 Å². The largest absolute Gasteiger partial charge is 0.497 e. The number of nitrogens with zero attached hydrogens (tertiary/aromatic N) is 4. The Morgan fingerprint density at radius 1 is 0.951 bits per heavy atom. The molecule has 6 rings (SSSR count). The number of hydrogen-bond donors (Lipinski definition) is 1. The highest BCUT2D eigenvalue weighted by Crippen LogP contribution is 2.44. The zero-order chi connectivity index (χ0) is 28.7. The summed E-state index contributed by atoms with van der Waals surface area (Å²) in [5.74, 6) is 2.11. The predicted octanol–water partition coefficient (Wildman–Crippen LogP) is 7.50. The molecule has 8 heteroatoms. The maximum Gasteiger partial charge on any atom is 0.174 e. The second-order valence-electron chi connectivity index (χ2n) is 11.4. The summed E-state index contributed by atoms with van der Waals surface area (Å²) >= 11 is 13.0. The third-order valence-electron chi connectivity index (χ3n) is 8.26. The molecule has 0 aliphatic carbocycles. The number of pyridine rings is 1. The van der Waals surface area contributed by atoms with Crippen molar-refractivity contribution in [1.29, 1.82) is 0 Å². The number of anilines is 2. The number of thiocarbonyl (C=S) groups is 1. The SMILES string of the molecule is COc1ccc(-n2c(C)ccc2C2C(c3ccccn3)NC(=S)N2c2ccc(N3CC(C)CC(C)C3)c(Cl)c2)cc1. The average molecular weight is 586 g/mol. The number of aryl methyl sites for hydroxylation is 1. The fourth-order valence-electron chi connectivity index (χ4n) is 6.57. The van der Waals surface area contributed by atoms with Gasteiger partial charge in [-0.3, -0.25) is 4.98 Å². The zero-order valence-electron chi connectivity index (χ0n) is 23.9. The number of halogens is 1. The van der Waals surface area contributed by atoms with Crippen LogP contribution in [-0.4, -0.2) is 34.9 Å². The molecular formula is C33H36ClN5OS. The Morgan fingerprint density at radius 3 is 2.34 bits per heavy atom. The fraction of sp³-hybridized carbons (Fsp3) is 0.333. The molecule has 41 heavy (non-hydrogen) atoms. The molecule has 4 heterocycles. The van der Waals surface area contributed by atoms with Gasteiger partial charge in [-0.1, -0.05) is 31.5 Å². The minimum absolute atomic E-state index is 0.155. The summed E-state index contributed by atoms with van der Waals surface area (Å²) < 4.78 is 7.70. The van der Waals surface area contributed by atoms with Crippen LogP contribution in [0.25, 0.3) is 5.69 Å². The van der Waals surface area contributed by atoms with Crippen LogP contribution in [0.1, 0.15) is 49.4 Å². The van der Waals surface area contributed by atoms with E-state index in [0.29, 0.717) is 16.9 Å². The van der Waals surface area contributed by atoms with Crippen LogP contribution in [-0.2, 0) is 0 Å². The quantitative estimate of drug-likeness (QED) is 0.236.